The van der Waals surface area contributed by atoms with E-state index in [2.05, 4.69) is 5.32 Å². The summed E-state index contributed by atoms with van der Waals surface area (Å²) in [6.07, 6.45) is -0.854. The van der Waals surface area contributed by atoms with Gasteiger partial charge in [0.2, 0.25) is 0 Å². The maximum absolute atomic E-state index is 13.0. The van der Waals surface area contributed by atoms with Crippen molar-refractivity contribution in [1.29, 1.82) is 5.26 Å². The zero-order valence-electron chi connectivity index (χ0n) is 10.5. The Morgan fingerprint density at radius 1 is 1.10 bits per heavy atom. The van der Waals surface area contributed by atoms with E-state index >= 15 is 0 Å². The van der Waals surface area contributed by atoms with E-state index in [1.54, 1.807) is 0 Å². The number of halogens is 2. The maximum Gasteiger partial charge on any atom is 0.124 e. The van der Waals surface area contributed by atoms with E-state index in [0.29, 0.717) is 11.3 Å². The molecule has 0 fully saturated rings. The van der Waals surface area contributed by atoms with Crippen molar-refractivity contribution in [3.63, 3.8) is 0 Å². The predicted molar refractivity (Wildman–Crippen MR) is 71.0 cm³/mol. The largest absolute Gasteiger partial charge is 0.387 e. The summed E-state index contributed by atoms with van der Waals surface area (Å²) in [4.78, 5) is 0. The lowest BCUT2D eigenvalue weighted by Crippen LogP contribution is -2.13. The molecule has 2 N–H and O–H groups in total. The van der Waals surface area contributed by atoms with E-state index in [4.69, 9.17) is 5.26 Å². The minimum atomic E-state index is -0.854. The van der Waals surface area contributed by atoms with Crippen molar-refractivity contribution >= 4 is 5.69 Å². The van der Waals surface area contributed by atoms with Gasteiger partial charge in [-0.2, -0.15) is 5.26 Å². The van der Waals surface area contributed by atoms with E-state index in [0.717, 1.165) is 6.07 Å². The van der Waals surface area contributed by atoms with Crippen molar-refractivity contribution in [1.82, 2.24) is 0 Å². The highest BCUT2D eigenvalue weighted by atomic mass is 19.1. The molecule has 5 heteroatoms. The normalized spacial score (nSPS) is 11.7. The van der Waals surface area contributed by atoms with Gasteiger partial charge in [0.05, 0.1) is 17.4 Å². The van der Waals surface area contributed by atoms with Crippen molar-refractivity contribution in [3.05, 3.63) is 65.2 Å². The van der Waals surface area contributed by atoms with Gasteiger partial charge in [-0.3, -0.25) is 0 Å². The number of hydrogen-bond donors (Lipinski definition) is 2. The fraction of sp³-hybridized carbons (Fsp3) is 0.133. The lowest BCUT2D eigenvalue weighted by atomic mass is 10.1. The molecule has 0 amide bonds. The first-order valence-corrected chi connectivity index (χ1v) is 5.97. The maximum atomic E-state index is 13.0. The number of rotatable bonds is 4. The number of aliphatic hydroxyl groups excluding tert-OH is 1. The quantitative estimate of drug-likeness (QED) is 0.901. The summed E-state index contributed by atoms with van der Waals surface area (Å²) in [5, 5.41) is 21.7. The van der Waals surface area contributed by atoms with Gasteiger partial charge in [0.1, 0.15) is 17.7 Å². The molecule has 0 radical (unpaired) electrons. The summed E-state index contributed by atoms with van der Waals surface area (Å²) in [5.41, 5.74) is 1.16. The van der Waals surface area contributed by atoms with Gasteiger partial charge in [0, 0.05) is 6.54 Å². The molecule has 20 heavy (non-hydrogen) atoms. The number of aliphatic hydroxyl groups is 1. The van der Waals surface area contributed by atoms with E-state index in [-0.39, 0.29) is 17.9 Å². The topological polar surface area (TPSA) is 56.0 Å². The van der Waals surface area contributed by atoms with Crippen molar-refractivity contribution < 1.29 is 13.9 Å². The number of anilines is 1. The minimum Gasteiger partial charge on any atom is -0.387 e. The van der Waals surface area contributed by atoms with Gasteiger partial charge >= 0.3 is 0 Å². The lowest BCUT2D eigenvalue weighted by molar-refractivity contribution is 0.191. The van der Waals surface area contributed by atoms with Crippen LogP contribution in [0.25, 0.3) is 0 Å². The third-order valence-electron chi connectivity index (χ3n) is 2.84. The third-order valence-corrected chi connectivity index (χ3v) is 2.84. The molecule has 0 aromatic heterocycles. The van der Waals surface area contributed by atoms with Crippen LogP contribution in [-0.4, -0.2) is 11.7 Å². The number of nitrogens with one attached hydrogen (secondary N) is 1. The second kappa shape index (κ2) is 6.13. The van der Waals surface area contributed by atoms with Crippen molar-refractivity contribution in [3.8, 4) is 6.07 Å². The van der Waals surface area contributed by atoms with Crippen LogP contribution in [0.3, 0.4) is 0 Å². The molecule has 0 bridgehead atoms. The van der Waals surface area contributed by atoms with E-state index in [1.807, 2.05) is 6.07 Å². The van der Waals surface area contributed by atoms with Crippen LogP contribution in [0.1, 0.15) is 17.2 Å². The van der Waals surface area contributed by atoms with Crippen LogP contribution in [0.4, 0.5) is 14.5 Å². The number of nitrogens with zero attached hydrogens (tertiary/aromatic N) is 1. The summed E-state index contributed by atoms with van der Waals surface area (Å²) >= 11 is 0. The Balaban J connectivity index is 2.05. The first-order chi connectivity index (χ1) is 9.60. The van der Waals surface area contributed by atoms with Gasteiger partial charge in [-0.05, 0) is 35.9 Å². The van der Waals surface area contributed by atoms with Crippen LogP contribution in [-0.2, 0) is 0 Å². The van der Waals surface area contributed by atoms with Crippen LogP contribution >= 0.6 is 0 Å². The van der Waals surface area contributed by atoms with Crippen molar-refractivity contribution in [2.45, 2.75) is 6.10 Å². The molecular weight excluding hydrogens is 262 g/mol. The zero-order valence-corrected chi connectivity index (χ0v) is 10.5. The first-order valence-electron chi connectivity index (χ1n) is 5.97. The minimum absolute atomic E-state index is 0.131. The Bertz CT molecular complexity index is 635. The molecule has 1 unspecified atom stereocenters. The molecule has 2 aromatic rings. The summed E-state index contributed by atoms with van der Waals surface area (Å²) < 4.78 is 25.7. The molecule has 2 aromatic carbocycles. The standard InChI is InChI=1S/C15H12F2N2O/c16-12-3-1-10(2-4-12)15(20)9-19-14-6-5-13(17)7-11(14)8-18/h1-7,15,19-20H,9H2. The average Bonchev–Trinajstić information content (AvgIpc) is 2.46. The molecule has 0 aliphatic carbocycles. The highest BCUT2D eigenvalue weighted by Crippen LogP contribution is 2.19. The SMILES string of the molecule is N#Cc1cc(F)ccc1NCC(O)c1ccc(F)cc1. The zero-order chi connectivity index (χ0) is 14.5. The Morgan fingerprint density at radius 3 is 2.40 bits per heavy atom. The average molecular weight is 274 g/mol. The second-order valence-electron chi connectivity index (χ2n) is 4.25. The predicted octanol–water partition coefficient (Wildman–Crippen LogP) is 2.98. The Morgan fingerprint density at radius 2 is 1.75 bits per heavy atom. The molecule has 3 nitrogen and oxygen atoms in total. The molecular formula is C15H12F2N2O. The summed E-state index contributed by atoms with van der Waals surface area (Å²) in [6, 6.07) is 11.1. The van der Waals surface area contributed by atoms with Gasteiger partial charge < -0.3 is 10.4 Å². The van der Waals surface area contributed by atoms with Gasteiger partial charge in [-0.25, -0.2) is 8.78 Å². The molecule has 0 spiro atoms. The summed E-state index contributed by atoms with van der Waals surface area (Å²) in [5.74, 6) is -0.870. The summed E-state index contributed by atoms with van der Waals surface area (Å²) in [6.45, 7) is 0.131. The smallest absolute Gasteiger partial charge is 0.124 e. The Hall–Kier alpha value is -2.45. The fourth-order valence-corrected chi connectivity index (χ4v) is 1.77. The number of benzene rings is 2. The molecule has 0 aliphatic heterocycles. The Kier molecular flexibility index (Phi) is 4.28. The van der Waals surface area contributed by atoms with E-state index in [1.165, 1.54) is 36.4 Å². The second-order valence-corrected chi connectivity index (χ2v) is 4.25. The number of nitriles is 1. The Labute approximate surface area is 115 Å². The molecule has 0 saturated carbocycles. The van der Waals surface area contributed by atoms with Crippen LogP contribution in [0, 0.1) is 23.0 Å². The first kappa shape index (κ1) is 14.0. The van der Waals surface area contributed by atoms with Gasteiger partial charge in [0.25, 0.3) is 0 Å². The van der Waals surface area contributed by atoms with Crippen molar-refractivity contribution in [2.75, 3.05) is 11.9 Å². The lowest BCUT2D eigenvalue weighted by Gasteiger charge is -2.14. The van der Waals surface area contributed by atoms with Gasteiger partial charge in [0.15, 0.2) is 0 Å². The van der Waals surface area contributed by atoms with Crippen molar-refractivity contribution in [2.24, 2.45) is 0 Å². The molecule has 1 atom stereocenters. The molecule has 2 rings (SSSR count). The van der Waals surface area contributed by atoms with E-state index in [9.17, 15) is 13.9 Å². The highest BCUT2D eigenvalue weighted by Gasteiger charge is 2.09. The van der Waals surface area contributed by atoms with Crippen LogP contribution < -0.4 is 5.32 Å². The van der Waals surface area contributed by atoms with Crippen LogP contribution in [0.2, 0.25) is 0 Å². The van der Waals surface area contributed by atoms with E-state index < -0.39 is 11.9 Å². The van der Waals surface area contributed by atoms with Crippen LogP contribution in [0.5, 0.6) is 0 Å². The number of hydrogen-bond acceptors (Lipinski definition) is 3. The monoisotopic (exact) mass is 274 g/mol. The summed E-state index contributed by atoms with van der Waals surface area (Å²) in [7, 11) is 0. The molecule has 0 saturated heterocycles. The van der Waals surface area contributed by atoms with Crippen LogP contribution in [0.15, 0.2) is 42.5 Å². The molecule has 0 heterocycles. The fourth-order valence-electron chi connectivity index (χ4n) is 1.77. The highest BCUT2D eigenvalue weighted by molar-refractivity contribution is 5.57. The molecule has 0 aliphatic rings. The van der Waals surface area contributed by atoms with Gasteiger partial charge in [-0.1, -0.05) is 12.1 Å². The third kappa shape index (κ3) is 3.31. The van der Waals surface area contributed by atoms with Gasteiger partial charge in [-0.15, -0.1) is 0 Å². The molecule has 102 valence electrons.